The molecule has 2 rings (SSSR count). The monoisotopic (exact) mass is 348 g/mol. The van der Waals surface area contributed by atoms with Crippen molar-refractivity contribution in [1.82, 2.24) is 0 Å². The zero-order valence-corrected chi connectivity index (χ0v) is 16.7. The van der Waals surface area contributed by atoms with Crippen LogP contribution in [-0.2, 0) is 9.31 Å². The van der Waals surface area contributed by atoms with Crippen LogP contribution < -0.4 is 14.9 Å². The normalized spacial score (nSPS) is 18.4. The van der Waals surface area contributed by atoms with E-state index in [0.29, 0.717) is 6.61 Å². The van der Waals surface area contributed by atoms with Crippen LogP contribution in [0.5, 0.6) is 11.5 Å². The number of rotatable bonds is 9. The highest BCUT2D eigenvalue weighted by molar-refractivity contribution is 6.63. The average Bonchev–Trinajstić information content (AvgIpc) is 2.76. The first-order valence-electron chi connectivity index (χ1n) is 9.56. The predicted molar refractivity (Wildman–Crippen MR) is 103 cm³/mol. The quantitative estimate of drug-likeness (QED) is 0.491. The molecule has 0 atom stereocenters. The van der Waals surface area contributed by atoms with Crippen LogP contribution in [0.15, 0.2) is 18.2 Å². The third kappa shape index (κ3) is 4.92. The van der Waals surface area contributed by atoms with E-state index in [-0.39, 0.29) is 11.2 Å². The first-order valence-corrected chi connectivity index (χ1v) is 9.56. The minimum atomic E-state index is -0.425. The standard InChI is InChI=1S/C20H33BO4/c1-7-9-13-22-16-11-12-17(18(15-16)23-14-10-8-2)21-24-19(3,4)20(5,6)25-21/h11-12,15H,7-10,13-14H2,1-6H3. The third-order valence-electron chi connectivity index (χ3n) is 5.01. The van der Waals surface area contributed by atoms with Gasteiger partial charge in [0, 0.05) is 11.5 Å². The Morgan fingerprint density at radius 1 is 0.880 bits per heavy atom. The molecule has 0 amide bonds. The number of hydrogen-bond donors (Lipinski definition) is 0. The Morgan fingerprint density at radius 2 is 1.44 bits per heavy atom. The van der Waals surface area contributed by atoms with Crippen LogP contribution in [-0.4, -0.2) is 31.5 Å². The Hall–Kier alpha value is -1.20. The topological polar surface area (TPSA) is 36.9 Å². The Morgan fingerprint density at radius 3 is 2.00 bits per heavy atom. The second-order valence-corrected chi connectivity index (χ2v) is 7.69. The van der Waals surface area contributed by atoms with E-state index in [1.807, 2.05) is 18.2 Å². The summed E-state index contributed by atoms with van der Waals surface area (Å²) in [5.41, 5.74) is 0.195. The Balaban J connectivity index is 2.20. The van der Waals surface area contributed by atoms with Crippen molar-refractivity contribution >= 4 is 12.6 Å². The van der Waals surface area contributed by atoms with E-state index in [4.69, 9.17) is 18.8 Å². The molecule has 0 saturated carbocycles. The van der Waals surface area contributed by atoms with Crippen LogP contribution in [0.4, 0.5) is 0 Å². The maximum atomic E-state index is 6.19. The molecule has 1 aromatic carbocycles. The molecule has 4 nitrogen and oxygen atoms in total. The Kier molecular flexibility index (Phi) is 6.81. The molecule has 0 bridgehead atoms. The van der Waals surface area contributed by atoms with Crippen molar-refractivity contribution in [3.05, 3.63) is 18.2 Å². The van der Waals surface area contributed by atoms with Gasteiger partial charge >= 0.3 is 7.12 Å². The van der Waals surface area contributed by atoms with E-state index in [1.165, 1.54) is 0 Å². The zero-order chi connectivity index (χ0) is 18.5. The predicted octanol–water partition coefficient (Wildman–Crippen LogP) is 4.34. The number of ether oxygens (including phenoxy) is 2. The second kappa shape index (κ2) is 8.46. The fourth-order valence-electron chi connectivity index (χ4n) is 2.56. The lowest BCUT2D eigenvalue weighted by Crippen LogP contribution is -2.41. The molecule has 0 aliphatic carbocycles. The Labute approximate surface area is 153 Å². The lowest BCUT2D eigenvalue weighted by molar-refractivity contribution is 0.00578. The van der Waals surface area contributed by atoms with E-state index in [2.05, 4.69) is 41.5 Å². The van der Waals surface area contributed by atoms with Crippen molar-refractivity contribution in [1.29, 1.82) is 0 Å². The summed E-state index contributed by atoms with van der Waals surface area (Å²) in [7, 11) is -0.425. The van der Waals surface area contributed by atoms with Gasteiger partial charge < -0.3 is 18.8 Å². The van der Waals surface area contributed by atoms with Crippen LogP contribution in [0.1, 0.15) is 67.2 Å². The number of hydrogen-bond acceptors (Lipinski definition) is 4. The summed E-state index contributed by atoms with van der Waals surface area (Å²) < 4.78 is 24.2. The zero-order valence-electron chi connectivity index (χ0n) is 16.7. The van der Waals surface area contributed by atoms with Crippen LogP contribution in [0, 0.1) is 0 Å². The lowest BCUT2D eigenvalue weighted by Gasteiger charge is -2.32. The largest absolute Gasteiger partial charge is 0.498 e. The third-order valence-corrected chi connectivity index (χ3v) is 5.01. The van der Waals surface area contributed by atoms with Crippen molar-refractivity contribution in [2.45, 2.75) is 78.4 Å². The van der Waals surface area contributed by atoms with Crippen LogP contribution in [0.3, 0.4) is 0 Å². The smallest absolute Gasteiger partial charge is 0.494 e. The van der Waals surface area contributed by atoms with Crippen molar-refractivity contribution < 1.29 is 18.8 Å². The van der Waals surface area contributed by atoms with Gasteiger partial charge in [-0.15, -0.1) is 0 Å². The molecule has 1 aromatic rings. The summed E-state index contributed by atoms with van der Waals surface area (Å²) in [5, 5.41) is 0. The molecule has 1 aliphatic heterocycles. The average molecular weight is 348 g/mol. The van der Waals surface area contributed by atoms with E-state index in [1.54, 1.807) is 0 Å². The van der Waals surface area contributed by atoms with Gasteiger partial charge in [-0.1, -0.05) is 32.8 Å². The lowest BCUT2D eigenvalue weighted by atomic mass is 9.78. The molecular formula is C20H33BO4. The van der Waals surface area contributed by atoms with Gasteiger partial charge in [-0.05, 0) is 46.6 Å². The molecule has 1 heterocycles. The van der Waals surface area contributed by atoms with Crippen molar-refractivity contribution in [3.8, 4) is 11.5 Å². The first-order chi connectivity index (χ1) is 11.8. The minimum absolute atomic E-state index is 0.366. The van der Waals surface area contributed by atoms with Gasteiger partial charge in [0.25, 0.3) is 0 Å². The summed E-state index contributed by atoms with van der Waals surface area (Å²) in [5.74, 6) is 1.63. The van der Waals surface area contributed by atoms with E-state index < -0.39 is 7.12 Å². The minimum Gasteiger partial charge on any atom is -0.494 e. The van der Waals surface area contributed by atoms with Crippen molar-refractivity contribution in [2.75, 3.05) is 13.2 Å². The van der Waals surface area contributed by atoms with Gasteiger partial charge in [0.2, 0.25) is 0 Å². The molecule has 1 saturated heterocycles. The highest BCUT2D eigenvalue weighted by Crippen LogP contribution is 2.37. The Bertz CT molecular complexity index is 541. The van der Waals surface area contributed by atoms with E-state index in [0.717, 1.165) is 49.3 Å². The second-order valence-electron chi connectivity index (χ2n) is 7.69. The van der Waals surface area contributed by atoms with E-state index in [9.17, 15) is 0 Å². The maximum Gasteiger partial charge on any atom is 0.498 e. The molecule has 140 valence electrons. The molecular weight excluding hydrogens is 315 g/mol. The van der Waals surface area contributed by atoms with Gasteiger partial charge in [0.1, 0.15) is 11.5 Å². The fraction of sp³-hybridized carbons (Fsp3) is 0.700. The van der Waals surface area contributed by atoms with Gasteiger partial charge in [-0.25, -0.2) is 0 Å². The number of benzene rings is 1. The highest BCUT2D eigenvalue weighted by atomic mass is 16.7. The fourth-order valence-corrected chi connectivity index (χ4v) is 2.56. The molecule has 1 aliphatic rings. The van der Waals surface area contributed by atoms with Gasteiger partial charge in [0.05, 0.1) is 24.4 Å². The van der Waals surface area contributed by atoms with Gasteiger partial charge in [-0.2, -0.15) is 0 Å². The molecule has 0 radical (unpaired) electrons. The van der Waals surface area contributed by atoms with Crippen LogP contribution in [0.2, 0.25) is 0 Å². The molecule has 0 N–H and O–H groups in total. The molecule has 0 aromatic heterocycles. The maximum absolute atomic E-state index is 6.19. The van der Waals surface area contributed by atoms with Crippen molar-refractivity contribution in [3.63, 3.8) is 0 Å². The molecule has 0 unspecified atom stereocenters. The summed E-state index contributed by atoms with van der Waals surface area (Å²) in [6.45, 7) is 14.0. The number of unbranched alkanes of at least 4 members (excludes halogenated alkanes) is 2. The summed E-state index contributed by atoms with van der Waals surface area (Å²) in [4.78, 5) is 0. The summed E-state index contributed by atoms with van der Waals surface area (Å²) >= 11 is 0. The molecule has 1 fully saturated rings. The summed E-state index contributed by atoms with van der Waals surface area (Å²) in [6, 6.07) is 5.94. The van der Waals surface area contributed by atoms with Crippen LogP contribution in [0.25, 0.3) is 0 Å². The SMILES string of the molecule is CCCCOc1ccc(B2OC(C)(C)C(C)(C)O2)c(OCCCC)c1. The van der Waals surface area contributed by atoms with Gasteiger partial charge in [-0.3, -0.25) is 0 Å². The molecule has 25 heavy (non-hydrogen) atoms. The summed E-state index contributed by atoms with van der Waals surface area (Å²) in [6.07, 6.45) is 4.28. The van der Waals surface area contributed by atoms with Crippen molar-refractivity contribution in [2.24, 2.45) is 0 Å². The van der Waals surface area contributed by atoms with Crippen LogP contribution >= 0.6 is 0 Å². The molecule has 5 heteroatoms. The first kappa shape index (κ1) is 20.1. The molecule has 0 spiro atoms. The van der Waals surface area contributed by atoms with Gasteiger partial charge in [0.15, 0.2) is 0 Å². The van der Waals surface area contributed by atoms with E-state index >= 15 is 0 Å². The highest BCUT2D eigenvalue weighted by Gasteiger charge is 2.52.